The van der Waals surface area contributed by atoms with Crippen molar-refractivity contribution in [3.05, 3.63) is 64.1 Å². The Morgan fingerprint density at radius 1 is 1.10 bits per heavy atom. The Bertz CT molecular complexity index is 594. The Morgan fingerprint density at radius 2 is 1.75 bits per heavy atom. The van der Waals surface area contributed by atoms with E-state index < -0.39 is 0 Å². The van der Waals surface area contributed by atoms with Gasteiger partial charge in [-0.15, -0.1) is 0 Å². The van der Waals surface area contributed by atoms with E-state index in [0.717, 1.165) is 15.7 Å². The molecule has 0 radical (unpaired) electrons. The third-order valence-electron chi connectivity index (χ3n) is 3.04. The van der Waals surface area contributed by atoms with Crippen molar-refractivity contribution in [1.29, 1.82) is 0 Å². The van der Waals surface area contributed by atoms with Crippen molar-refractivity contribution in [2.24, 2.45) is 0 Å². The lowest BCUT2D eigenvalue weighted by atomic mass is 10.1. The van der Waals surface area contributed by atoms with Crippen molar-refractivity contribution in [3.8, 4) is 0 Å². The number of carbonyl (C=O) groups excluding carboxylic acids is 1. The third-order valence-corrected chi connectivity index (χ3v) is 3.82. The molecule has 104 valence electrons. The Morgan fingerprint density at radius 3 is 2.35 bits per heavy atom. The van der Waals surface area contributed by atoms with E-state index in [2.05, 4.69) is 21.2 Å². The van der Waals surface area contributed by atoms with E-state index in [1.165, 1.54) is 0 Å². The lowest BCUT2D eigenvalue weighted by molar-refractivity contribution is 0.0951. The molecule has 0 bridgehead atoms. The average Bonchev–Trinajstić information content (AvgIpc) is 2.46. The molecule has 2 aromatic carbocycles. The highest BCUT2D eigenvalue weighted by Crippen LogP contribution is 2.16. The number of benzene rings is 2. The third kappa shape index (κ3) is 3.61. The zero-order valence-corrected chi connectivity index (χ0v) is 13.1. The SMILES string of the molecule is CN(C)c1ccc(C(=O)NCc2ccccc2Br)cc1. The molecule has 0 aliphatic rings. The van der Waals surface area contributed by atoms with Crippen LogP contribution in [0.1, 0.15) is 15.9 Å². The lowest BCUT2D eigenvalue weighted by Crippen LogP contribution is -2.23. The van der Waals surface area contributed by atoms with Crippen LogP contribution < -0.4 is 10.2 Å². The van der Waals surface area contributed by atoms with Crippen LogP contribution in [0.3, 0.4) is 0 Å². The van der Waals surface area contributed by atoms with Gasteiger partial charge in [-0.1, -0.05) is 34.1 Å². The first-order chi connectivity index (χ1) is 9.58. The van der Waals surface area contributed by atoms with E-state index in [4.69, 9.17) is 0 Å². The van der Waals surface area contributed by atoms with Crippen LogP contribution in [-0.4, -0.2) is 20.0 Å². The lowest BCUT2D eigenvalue weighted by Gasteiger charge is -2.12. The minimum Gasteiger partial charge on any atom is -0.378 e. The fourth-order valence-electron chi connectivity index (χ4n) is 1.83. The average molecular weight is 333 g/mol. The van der Waals surface area contributed by atoms with Crippen LogP contribution in [0.5, 0.6) is 0 Å². The number of anilines is 1. The predicted octanol–water partition coefficient (Wildman–Crippen LogP) is 3.45. The van der Waals surface area contributed by atoms with Gasteiger partial charge in [-0.2, -0.15) is 0 Å². The molecule has 0 aliphatic heterocycles. The molecule has 0 unspecified atom stereocenters. The number of nitrogens with zero attached hydrogens (tertiary/aromatic N) is 1. The molecule has 0 fully saturated rings. The molecule has 0 aromatic heterocycles. The molecule has 0 heterocycles. The summed E-state index contributed by atoms with van der Waals surface area (Å²) in [5.41, 5.74) is 2.81. The first-order valence-corrected chi connectivity index (χ1v) is 7.16. The zero-order valence-electron chi connectivity index (χ0n) is 11.6. The number of hydrogen-bond acceptors (Lipinski definition) is 2. The molecule has 1 amide bonds. The fourth-order valence-corrected chi connectivity index (χ4v) is 2.26. The second kappa shape index (κ2) is 6.57. The van der Waals surface area contributed by atoms with Crippen LogP contribution in [0.2, 0.25) is 0 Å². The van der Waals surface area contributed by atoms with Crippen LogP contribution in [0.25, 0.3) is 0 Å². The van der Waals surface area contributed by atoms with Crippen LogP contribution in [0, 0.1) is 0 Å². The van der Waals surface area contributed by atoms with Crippen LogP contribution in [0.15, 0.2) is 53.0 Å². The molecule has 2 rings (SSSR count). The standard InChI is InChI=1S/C16H17BrN2O/c1-19(2)14-9-7-12(8-10-14)16(20)18-11-13-5-3-4-6-15(13)17/h3-10H,11H2,1-2H3,(H,18,20). The minimum absolute atomic E-state index is 0.0638. The monoisotopic (exact) mass is 332 g/mol. The highest BCUT2D eigenvalue weighted by Gasteiger charge is 2.06. The largest absolute Gasteiger partial charge is 0.378 e. The second-order valence-corrected chi connectivity index (χ2v) is 5.57. The molecule has 20 heavy (non-hydrogen) atoms. The maximum atomic E-state index is 12.1. The summed E-state index contributed by atoms with van der Waals surface area (Å²) in [5.74, 6) is -0.0638. The van der Waals surface area contributed by atoms with Gasteiger partial charge in [0, 0.05) is 36.4 Å². The van der Waals surface area contributed by atoms with E-state index in [-0.39, 0.29) is 5.91 Å². The van der Waals surface area contributed by atoms with Gasteiger partial charge >= 0.3 is 0 Å². The van der Waals surface area contributed by atoms with Gasteiger partial charge < -0.3 is 10.2 Å². The smallest absolute Gasteiger partial charge is 0.251 e. The van der Waals surface area contributed by atoms with E-state index in [1.54, 1.807) is 0 Å². The molecular weight excluding hydrogens is 316 g/mol. The number of carbonyl (C=O) groups is 1. The van der Waals surface area contributed by atoms with Crippen molar-refractivity contribution in [2.75, 3.05) is 19.0 Å². The van der Waals surface area contributed by atoms with Gasteiger partial charge in [0.25, 0.3) is 5.91 Å². The number of rotatable bonds is 4. The highest BCUT2D eigenvalue weighted by molar-refractivity contribution is 9.10. The quantitative estimate of drug-likeness (QED) is 0.930. The summed E-state index contributed by atoms with van der Waals surface area (Å²) < 4.78 is 1.00. The maximum absolute atomic E-state index is 12.1. The van der Waals surface area contributed by atoms with Crippen molar-refractivity contribution in [2.45, 2.75) is 6.54 Å². The molecule has 4 heteroatoms. The minimum atomic E-state index is -0.0638. The van der Waals surface area contributed by atoms with Gasteiger partial charge in [0.1, 0.15) is 0 Å². The second-order valence-electron chi connectivity index (χ2n) is 4.72. The van der Waals surface area contributed by atoms with Crippen molar-refractivity contribution < 1.29 is 4.79 Å². The van der Waals surface area contributed by atoms with E-state index >= 15 is 0 Å². The summed E-state index contributed by atoms with van der Waals surface area (Å²) in [6.07, 6.45) is 0. The van der Waals surface area contributed by atoms with Crippen LogP contribution in [-0.2, 0) is 6.54 Å². The van der Waals surface area contributed by atoms with Gasteiger partial charge in [-0.3, -0.25) is 4.79 Å². The molecule has 0 atom stereocenters. The molecule has 0 aliphatic carbocycles. The van der Waals surface area contributed by atoms with Crippen molar-refractivity contribution >= 4 is 27.5 Å². The van der Waals surface area contributed by atoms with Crippen LogP contribution in [0.4, 0.5) is 5.69 Å². The van der Waals surface area contributed by atoms with Gasteiger partial charge in [-0.05, 0) is 35.9 Å². The summed E-state index contributed by atoms with van der Waals surface area (Å²) in [4.78, 5) is 14.1. The van der Waals surface area contributed by atoms with E-state index in [0.29, 0.717) is 12.1 Å². The van der Waals surface area contributed by atoms with E-state index in [1.807, 2.05) is 67.5 Å². The van der Waals surface area contributed by atoms with Crippen molar-refractivity contribution in [1.82, 2.24) is 5.32 Å². The Hall–Kier alpha value is -1.81. The maximum Gasteiger partial charge on any atom is 0.251 e. The number of hydrogen-bond donors (Lipinski definition) is 1. The highest BCUT2D eigenvalue weighted by atomic mass is 79.9. The summed E-state index contributed by atoms with van der Waals surface area (Å²) in [6.45, 7) is 0.510. The molecule has 0 saturated heterocycles. The predicted molar refractivity (Wildman–Crippen MR) is 86.1 cm³/mol. The van der Waals surface area contributed by atoms with Crippen LogP contribution >= 0.6 is 15.9 Å². The topological polar surface area (TPSA) is 32.3 Å². The summed E-state index contributed by atoms with van der Waals surface area (Å²) in [6, 6.07) is 15.4. The first-order valence-electron chi connectivity index (χ1n) is 6.37. The zero-order chi connectivity index (χ0) is 14.5. The summed E-state index contributed by atoms with van der Waals surface area (Å²) in [5, 5.41) is 2.92. The van der Waals surface area contributed by atoms with E-state index in [9.17, 15) is 4.79 Å². The first kappa shape index (κ1) is 14.6. The molecule has 0 saturated carbocycles. The fraction of sp³-hybridized carbons (Fsp3) is 0.188. The van der Waals surface area contributed by atoms with Crippen molar-refractivity contribution in [3.63, 3.8) is 0 Å². The molecule has 1 N–H and O–H groups in total. The molecule has 2 aromatic rings. The van der Waals surface area contributed by atoms with Gasteiger partial charge in [0.05, 0.1) is 0 Å². The number of halogens is 1. The van der Waals surface area contributed by atoms with Gasteiger partial charge in [-0.25, -0.2) is 0 Å². The number of amides is 1. The molecular formula is C16H17BrN2O. The normalized spacial score (nSPS) is 10.2. The van der Waals surface area contributed by atoms with Gasteiger partial charge in [0.2, 0.25) is 0 Å². The summed E-state index contributed by atoms with van der Waals surface area (Å²) >= 11 is 3.47. The van der Waals surface area contributed by atoms with Gasteiger partial charge in [0.15, 0.2) is 0 Å². The molecule has 3 nitrogen and oxygen atoms in total. The Kier molecular flexibility index (Phi) is 4.79. The molecule has 0 spiro atoms. The Labute approximate surface area is 127 Å². The summed E-state index contributed by atoms with van der Waals surface area (Å²) in [7, 11) is 3.95. The Balaban J connectivity index is 2.00. The number of nitrogens with one attached hydrogen (secondary N) is 1.